The van der Waals surface area contributed by atoms with Gasteiger partial charge in [-0.05, 0) is 37.9 Å². The van der Waals surface area contributed by atoms with Gasteiger partial charge in [-0.15, -0.1) is 0 Å². The molecule has 1 aliphatic heterocycles. The van der Waals surface area contributed by atoms with Gasteiger partial charge in [-0.25, -0.2) is 4.98 Å². The lowest BCUT2D eigenvalue weighted by Gasteiger charge is -2.22. The molecule has 0 aliphatic carbocycles. The molecular weight excluding hydrogens is 271 g/mol. The molecule has 0 bridgehead atoms. The number of pyridine rings is 1. The maximum Gasteiger partial charge on any atom is 0.433 e. The predicted octanol–water partition coefficient (Wildman–Crippen LogP) is 2.35. The lowest BCUT2D eigenvalue weighted by Crippen LogP contribution is -2.30. The zero-order valence-electron chi connectivity index (χ0n) is 10.7. The molecule has 0 aromatic carbocycles. The third kappa shape index (κ3) is 3.84. The summed E-state index contributed by atoms with van der Waals surface area (Å²) in [6.45, 7) is 2.09. The molecule has 0 spiro atoms. The number of halogens is 3. The topological polar surface area (TPSA) is 57.9 Å². The van der Waals surface area contributed by atoms with E-state index in [4.69, 9.17) is 10.00 Å². The second-order valence-corrected chi connectivity index (χ2v) is 4.69. The zero-order chi connectivity index (χ0) is 14.6. The van der Waals surface area contributed by atoms with Crippen molar-refractivity contribution in [1.82, 2.24) is 10.3 Å². The molecular formula is C13H14F3N3O. The lowest BCUT2D eigenvalue weighted by atomic mass is 9.99. The number of nitriles is 1. The number of aromatic nitrogens is 1. The monoisotopic (exact) mass is 285 g/mol. The van der Waals surface area contributed by atoms with Gasteiger partial charge in [0, 0.05) is 6.07 Å². The van der Waals surface area contributed by atoms with Crippen molar-refractivity contribution in [3.8, 4) is 11.9 Å². The van der Waals surface area contributed by atoms with E-state index in [2.05, 4.69) is 10.3 Å². The van der Waals surface area contributed by atoms with Crippen LogP contribution in [0.4, 0.5) is 13.2 Å². The first-order valence-corrected chi connectivity index (χ1v) is 6.32. The largest absolute Gasteiger partial charge is 0.477 e. The number of rotatable bonds is 3. The van der Waals surface area contributed by atoms with Crippen molar-refractivity contribution in [1.29, 1.82) is 5.26 Å². The lowest BCUT2D eigenvalue weighted by molar-refractivity contribution is -0.141. The summed E-state index contributed by atoms with van der Waals surface area (Å²) >= 11 is 0. The highest BCUT2D eigenvalue weighted by Crippen LogP contribution is 2.30. The summed E-state index contributed by atoms with van der Waals surface area (Å²) in [7, 11) is 0. The van der Waals surface area contributed by atoms with Crippen LogP contribution in [0.15, 0.2) is 12.1 Å². The Kier molecular flexibility index (Phi) is 4.45. The Hall–Kier alpha value is -1.81. The van der Waals surface area contributed by atoms with E-state index in [9.17, 15) is 13.2 Å². The minimum atomic E-state index is -4.58. The van der Waals surface area contributed by atoms with Crippen LogP contribution in [0.1, 0.15) is 24.1 Å². The molecule has 4 nitrogen and oxygen atoms in total. The number of ether oxygens (including phenoxy) is 1. The Morgan fingerprint density at radius 2 is 2.05 bits per heavy atom. The fourth-order valence-corrected chi connectivity index (χ4v) is 2.04. The first kappa shape index (κ1) is 14.6. The smallest absolute Gasteiger partial charge is 0.433 e. The number of hydrogen-bond donors (Lipinski definition) is 1. The van der Waals surface area contributed by atoms with Gasteiger partial charge >= 0.3 is 6.18 Å². The summed E-state index contributed by atoms with van der Waals surface area (Å²) in [5, 5.41) is 12.0. The summed E-state index contributed by atoms with van der Waals surface area (Å²) in [6, 6.07) is 3.64. The number of hydrogen-bond acceptors (Lipinski definition) is 4. The molecule has 2 rings (SSSR count). The molecule has 108 valence electrons. The van der Waals surface area contributed by atoms with E-state index in [1.54, 1.807) is 6.07 Å². The van der Waals surface area contributed by atoms with E-state index in [1.165, 1.54) is 6.07 Å². The SMILES string of the molecule is N#Cc1cc(OCC2CCNCC2)nc(C(F)(F)F)c1. The van der Waals surface area contributed by atoms with Crippen molar-refractivity contribution < 1.29 is 17.9 Å². The quantitative estimate of drug-likeness (QED) is 0.926. The fraction of sp³-hybridized carbons (Fsp3) is 0.538. The van der Waals surface area contributed by atoms with Crippen molar-refractivity contribution in [2.24, 2.45) is 5.92 Å². The van der Waals surface area contributed by atoms with Crippen LogP contribution in [-0.2, 0) is 6.18 Å². The normalized spacial score (nSPS) is 16.7. The average Bonchev–Trinajstić information content (AvgIpc) is 2.45. The van der Waals surface area contributed by atoms with Crippen molar-refractivity contribution in [3.05, 3.63) is 23.4 Å². The van der Waals surface area contributed by atoms with Gasteiger partial charge in [0.1, 0.15) is 5.69 Å². The summed E-state index contributed by atoms with van der Waals surface area (Å²) in [4.78, 5) is 3.42. The Balaban J connectivity index is 2.08. The number of piperidine rings is 1. The zero-order valence-corrected chi connectivity index (χ0v) is 10.7. The molecule has 0 unspecified atom stereocenters. The highest BCUT2D eigenvalue weighted by Gasteiger charge is 2.33. The molecule has 0 radical (unpaired) electrons. The third-order valence-corrected chi connectivity index (χ3v) is 3.15. The minimum Gasteiger partial charge on any atom is -0.477 e. The van der Waals surface area contributed by atoms with Gasteiger partial charge in [0.05, 0.1) is 18.2 Å². The minimum absolute atomic E-state index is 0.104. The van der Waals surface area contributed by atoms with E-state index in [0.717, 1.165) is 32.0 Å². The summed E-state index contributed by atoms with van der Waals surface area (Å²) < 4.78 is 43.3. The number of nitrogens with one attached hydrogen (secondary N) is 1. The van der Waals surface area contributed by atoms with Gasteiger partial charge in [-0.3, -0.25) is 0 Å². The van der Waals surface area contributed by atoms with Gasteiger partial charge in [-0.2, -0.15) is 18.4 Å². The first-order chi connectivity index (χ1) is 9.49. The molecule has 1 fully saturated rings. The second-order valence-electron chi connectivity index (χ2n) is 4.69. The maximum absolute atomic E-state index is 12.6. The molecule has 0 amide bonds. The van der Waals surface area contributed by atoms with Crippen LogP contribution in [0.3, 0.4) is 0 Å². The molecule has 20 heavy (non-hydrogen) atoms. The Labute approximate surface area is 114 Å². The van der Waals surface area contributed by atoms with E-state index >= 15 is 0 Å². The van der Waals surface area contributed by atoms with Crippen molar-refractivity contribution in [3.63, 3.8) is 0 Å². The van der Waals surface area contributed by atoms with E-state index < -0.39 is 11.9 Å². The van der Waals surface area contributed by atoms with Gasteiger partial charge < -0.3 is 10.1 Å². The molecule has 1 saturated heterocycles. The predicted molar refractivity (Wildman–Crippen MR) is 65.0 cm³/mol. The summed E-state index contributed by atoms with van der Waals surface area (Å²) in [5.74, 6) is 0.160. The average molecular weight is 285 g/mol. The molecule has 1 aromatic heterocycles. The van der Waals surface area contributed by atoms with Crippen molar-refractivity contribution in [2.75, 3.05) is 19.7 Å². The molecule has 1 N–H and O–H groups in total. The molecule has 1 aromatic rings. The van der Waals surface area contributed by atoms with Crippen LogP contribution in [-0.4, -0.2) is 24.7 Å². The van der Waals surface area contributed by atoms with Gasteiger partial charge in [0.25, 0.3) is 0 Å². The summed E-state index contributed by atoms with van der Waals surface area (Å²) in [6.07, 6.45) is -2.74. The van der Waals surface area contributed by atoms with E-state index in [1.807, 2.05) is 0 Å². The number of alkyl halides is 3. The van der Waals surface area contributed by atoms with Gasteiger partial charge in [0.15, 0.2) is 0 Å². The second kappa shape index (κ2) is 6.09. The molecule has 7 heteroatoms. The van der Waals surface area contributed by atoms with Crippen molar-refractivity contribution >= 4 is 0 Å². The van der Waals surface area contributed by atoms with E-state index in [-0.39, 0.29) is 11.4 Å². The Bertz CT molecular complexity index is 505. The fourth-order valence-electron chi connectivity index (χ4n) is 2.04. The standard InChI is InChI=1S/C13H14F3N3O/c14-13(15,16)11-5-10(7-17)6-12(19-11)20-8-9-1-3-18-4-2-9/h5-6,9,18H,1-4,8H2. The van der Waals surface area contributed by atoms with E-state index in [0.29, 0.717) is 12.5 Å². The van der Waals surface area contributed by atoms with Crippen molar-refractivity contribution in [2.45, 2.75) is 19.0 Å². The Morgan fingerprint density at radius 3 is 2.65 bits per heavy atom. The van der Waals surface area contributed by atoms with Crippen LogP contribution >= 0.6 is 0 Å². The molecule has 1 aliphatic rings. The molecule has 2 heterocycles. The van der Waals surface area contributed by atoms with Crippen LogP contribution in [0.5, 0.6) is 5.88 Å². The Morgan fingerprint density at radius 1 is 1.35 bits per heavy atom. The highest BCUT2D eigenvalue weighted by molar-refractivity contribution is 5.35. The van der Waals surface area contributed by atoms with Crippen LogP contribution in [0, 0.1) is 17.2 Å². The van der Waals surface area contributed by atoms with Crippen LogP contribution in [0.2, 0.25) is 0 Å². The third-order valence-electron chi connectivity index (χ3n) is 3.15. The summed E-state index contributed by atoms with van der Waals surface area (Å²) in [5.41, 5.74) is -1.20. The number of nitrogens with zero attached hydrogens (tertiary/aromatic N) is 2. The van der Waals surface area contributed by atoms with Gasteiger partial charge in [0.2, 0.25) is 5.88 Å². The molecule has 0 saturated carbocycles. The first-order valence-electron chi connectivity index (χ1n) is 6.32. The van der Waals surface area contributed by atoms with Crippen LogP contribution in [0.25, 0.3) is 0 Å². The highest BCUT2D eigenvalue weighted by atomic mass is 19.4. The van der Waals surface area contributed by atoms with Crippen LogP contribution < -0.4 is 10.1 Å². The maximum atomic E-state index is 12.6. The molecule has 0 atom stereocenters. The van der Waals surface area contributed by atoms with Gasteiger partial charge in [-0.1, -0.05) is 0 Å².